The van der Waals surface area contributed by atoms with Gasteiger partial charge in [0, 0.05) is 4.47 Å². The first-order chi connectivity index (χ1) is 7.61. The minimum absolute atomic E-state index is 0.0320. The van der Waals surface area contributed by atoms with Crippen LogP contribution in [0.3, 0.4) is 0 Å². The van der Waals surface area contributed by atoms with E-state index in [1.54, 1.807) is 18.2 Å². The molecular formula is C11H10BrNO3. The maximum absolute atomic E-state index is 11.6. The van der Waals surface area contributed by atoms with Crippen LogP contribution in [0.5, 0.6) is 0 Å². The monoisotopic (exact) mass is 283 g/mol. The SMILES string of the molecule is O=C1CC(=O)N(c2cc(CO)ccc2Br)C1. The normalized spacial score (nSPS) is 16.0. The predicted molar refractivity (Wildman–Crippen MR) is 62.0 cm³/mol. The first kappa shape index (κ1) is 11.3. The number of hydrogen-bond acceptors (Lipinski definition) is 3. The van der Waals surface area contributed by atoms with E-state index in [-0.39, 0.29) is 31.3 Å². The summed E-state index contributed by atoms with van der Waals surface area (Å²) >= 11 is 3.33. The van der Waals surface area contributed by atoms with Crippen LogP contribution in [0.1, 0.15) is 12.0 Å². The number of amides is 1. The van der Waals surface area contributed by atoms with Crippen LogP contribution in [0.4, 0.5) is 5.69 Å². The summed E-state index contributed by atoms with van der Waals surface area (Å²) in [5.74, 6) is -0.271. The van der Waals surface area contributed by atoms with Crippen molar-refractivity contribution in [3.8, 4) is 0 Å². The van der Waals surface area contributed by atoms with Gasteiger partial charge in [0.05, 0.1) is 25.3 Å². The van der Waals surface area contributed by atoms with Crippen molar-refractivity contribution in [1.82, 2.24) is 0 Å². The lowest BCUT2D eigenvalue weighted by Crippen LogP contribution is -2.25. The van der Waals surface area contributed by atoms with E-state index in [1.165, 1.54) is 4.90 Å². The molecule has 1 N–H and O–H groups in total. The maximum atomic E-state index is 11.6. The number of ketones is 1. The second-order valence-electron chi connectivity index (χ2n) is 3.64. The van der Waals surface area contributed by atoms with Crippen molar-refractivity contribution in [2.75, 3.05) is 11.4 Å². The fourth-order valence-corrected chi connectivity index (χ4v) is 2.13. The molecule has 0 aromatic heterocycles. The van der Waals surface area contributed by atoms with Crippen LogP contribution in [-0.2, 0) is 16.2 Å². The number of carbonyl (C=O) groups excluding carboxylic acids is 2. The van der Waals surface area contributed by atoms with Crippen LogP contribution in [0.2, 0.25) is 0 Å². The van der Waals surface area contributed by atoms with E-state index in [0.717, 1.165) is 4.47 Å². The van der Waals surface area contributed by atoms with Gasteiger partial charge in [0.1, 0.15) is 0 Å². The Kier molecular flexibility index (Phi) is 3.07. The minimum Gasteiger partial charge on any atom is -0.392 e. The average molecular weight is 284 g/mol. The quantitative estimate of drug-likeness (QED) is 0.831. The Labute approximate surface area is 101 Å². The van der Waals surface area contributed by atoms with Gasteiger partial charge in [-0.1, -0.05) is 6.07 Å². The molecule has 0 saturated carbocycles. The second-order valence-corrected chi connectivity index (χ2v) is 4.49. The summed E-state index contributed by atoms with van der Waals surface area (Å²) in [4.78, 5) is 24.2. The van der Waals surface area contributed by atoms with Gasteiger partial charge >= 0.3 is 0 Å². The number of benzene rings is 1. The molecule has 1 heterocycles. The van der Waals surface area contributed by atoms with Crippen molar-refractivity contribution in [2.24, 2.45) is 0 Å². The third kappa shape index (κ3) is 2.01. The number of halogens is 1. The number of aliphatic hydroxyl groups excluding tert-OH is 1. The molecule has 2 rings (SSSR count). The Morgan fingerprint density at radius 2 is 2.12 bits per heavy atom. The Hall–Kier alpha value is -1.20. The molecular weight excluding hydrogens is 274 g/mol. The van der Waals surface area contributed by atoms with Gasteiger partial charge in [-0.3, -0.25) is 9.59 Å². The van der Waals surface area contributed by atoms with Gasteiger partial charge in [0.25, 0.3) is 0 Å². The molecule has 16 heavy (non-hydrogen) atoms. The topological polar surface area (TPSA) is 57.6 Å². The van der Waals surface area contributed by atoms with E-state index < -0.39 is 0 Å². The highest BCUT2D eigenvalue weighted by atomic mass is 79.9. The first-order valence-electron chi connectivity index (χ1n) is 4.83. The van der Waals surface area contributed by atoms with E-state index in [1.807, 2.05) is 0 Å². The second kappa shape index (κ2) is 4.35. The van der Waals surface area contributed by atoms with E-state index in [9.17, 15) is 9.59 Å². The van der Waals surface area contributed by atoms with E-state index in [4.69, 9.17) is 5.11 Å². The summed E-state index contributed by atoms with van der Waals surface area (Å²) in [5.41, 5.74) is 1.35. The molecule has 1 aromatic carbocycles. The summed E-state index contributed by atoms with van der Waals surface area (Å²) in [6.45, 7) is 0.0303. The average Bonchev–Trinajstić information content (AvgIpc) is 2.58. The molecule has 1 saturated heterocycles. The number of nitrogens with zero attached hydrogens (tertiary/aromatic N) is 1. The lowest BCUT2D eigenvalue weighted by molar-refractivity contribution is -0.121. The molecule has 1 aliphatic rings. The van der Waals surface area contributed by atoms with Crippen molar-refractivity contribution in [1.29, 1.82) is 0 Å². The summed E-state index contributed by atoms with van der Waals surface area (Å²) in [5, 5.41) is 9.03. The van der Waals surface area contributed by atoms with E-state index in [0.29, 0.717) is 11.3 Å². The molecule has 0 bridgehead atoms. The van der Waals surface area contributed by atoms with Gasteiger partial charge < -0.3 is 10.0 Å². The number of aliphatic hydroxyl groups is 1. The largest absolute Gasteiger partial charge is 0.392 e. The Balaban J connectivity index is 2.39. The number of hydrogen-bond donors (Lipinski definition) is 1. The Bertz CT molecular complexity index is 459. The molecule has 1 amide bonds. The highest BCUT2D eigenvalue weighted by Crippen LogP contribution is 2.29. The van der Waals surface area contributed by atoms with Crippen LogP contribution in [0.25, 0.3) is 0 Å². The van der Waals surface area contributed by atoms with Crippen LogP contribution in [0.15, 0.2) is 22.7 Å². The van der Waals surface area contributed by atoms with Gasteiger partial charge in [-0.2, -0.15) is 0 Å². The van der Waals surface area contributed by atoms with Gasteiger partial charge in [-0.05, 0) is 33.6 Å². The molecule has 1 aromatic rings. The third-order valence-corrected chi connectivity index (χ3v) is 3.14. The zero-order valence-electron chi connectivity index (χ0n) is 8.44. The first-order valence-corrected chi connectivity index (χ1v) is 5.62. The Morgan fingerprint density at radius 3 is 2.69 bits per heavy atom. The molecule has 0 atom stereocenters. The van der Waals surface area contributed by atoms with Gasteiger partial charge in [0.15, 0.2) is 5.78 Å². The van der Waals surface area contributed by atoms with Crippen molar-refractivity contribution in [2.45, 2.75) is 13.0 Å². The molecule has 0 radical (unpaired) electrons. The highest BCUT2D eigenvalue weighted by Gasteiger charge is 2.29. The van der Waals surface area contributed by atoms with Crippen LogP contribution < -0.4 is 4.90 Å². The van der Waals surface area contributed by atoms with Gasteiger partial charge in [-0.25, -0.2) is 0 Å². The fraction of sp³-hybridized carbons (Fsp3) is 0.273. The molecule has 0 spiro atoms. The van der Waals surface area contributed by atoms with Crippen molar-refractivity contribution in [3.63, 3.8) is 0 Å². The zero-order valence-corrected chi connectivity index (χ0v) is 10.0. The summed E-state index contributed by atoms with van der Waals surface area (Å²) in [6, 6.07) is 5.23. The molecule has 0 unspecified atom stereocenters. The van der Waals surface area contributed by atoms with Crippen LogP contribution in [-0.4, -0.2) is 23.3 Å². The lowest BCUT2D eigenvalue weighted by Gasteiger charge is -2.17. The van der Waals surface area contributed by atoms with Crippen LogP contribution >= 0.6 is 15.9 Å². The minimum atomic E-state index is -0.194. The summed E-state index contributed by atoms with van der Waals surface area (Å²) in [7, 11) is 0. The maximum Gasteiger partial charge on any atom is 0.234 e. The number of Topliss-reactive ketones (excluding diaryl/α,β-unsaturated/α-hetero) is 1. The van der Waals surface area contributed by atoms with Gasteiger partial charge in [0.2, 0.25) is 5.91 Å². The van der Waals surface area contributed by atoms with E-state index >= 15 is 0 Å². The molecule has 4 nitrogen and oxygen atoms in total. The molecule has 1 aliphatic heterocycles. The van der Waals surface area contributed by atoms with Crippen molar-refractivity contribution in [3.05, 3.63) is 28.2 Å². The summed E-state index contributed by atoms with van der Waals surface area (Å²) < 4.78 is 0.743. The van der Waals surface area contributed by atoms with Gasteiger partial charge in [-0.15, -0.1) is 0 Å². The third-order valence-electron chi connectivity index (χ3n) is 2.47. The summed E-state index contributed by atoms with van der Waals surface area (Å²) in [6.07, 6.45) is -0.0320. The Morgan fingerprint density at radius 1 is 1.38 bits per heavy atom. The fourth-order valence-electron chi connectivity index (χ4n) is 1.67. The molecule has 1 fully saturated rings. The van der Waals surface area contributed by atoms with Crippen LogP contribution in [0, 0.1) is 0 Å². The van der Waals surface area contributed by atoms with Crippen molar-refractivity contribution < 1.29 is 14.7 Å². The standard InChI is InChI=1S/C11H10BrNO3/c12-9-2-1-7(6-14)3-10(9)13-5-8(15)4-11(13)16/h1-3,14H,4-6H2. The lowest BCUT2D eigenvalue weighted by atomic mass is 10.2. The highest BCUT2D eigenvalue weighted by molar-refractivity contribution is 9.10. The molecule has 0 aliphatic carbocycles. The smallest absolute Gasteiger partial charge is 0.234 e. The number of rotatable bonds is 2. The van der Waals surface area contributed by atoms with Crippen molar-refractivity contribution >= 4 is 33.3 Å². The predicted octanol–water partition coefficient (Wildman–Crippen LogP) is 1.25. The molecule has 84 valence electrons. The molecule has 5 heteroatoms. The zero-order chi connectivity index (χ0) is 11.7. The van der Waals surface area contributed by atoms with E-state index in [2.05, 4.69) is 15.9 Å². The number of carbonyl (C=O) groups is 2. The number of anilines is 1.